The number of rotatable bonds is 5. The standard InChI is InChI=1S/C21H18N4OS/c1-15-14-27-21(23-15)18-9-7-17(8-10-18)20(26)24-19-11-12-22-25(19)13-16-5-3-2-4-6-16/h2-12,14H,13H2,1H3,(H,24,26). The lowest BCUT2D eigenvalue weighted by molar-refractivity contribution is 0.102. The Labute approximate surface area is 161 Å². The van der Waals surface area contributed by atoms with E-state index in [0.717, 1.165) is 21.8 Å². The molecule has 0 spiro atoms. The average molecular weight is 374 g/mol. The number of hydrogen-bond acceptors (Lipinski definition) is 4. The first-order chi connectivity index (χ1) is 13.2. The maximum absolute atomic E-state index is 12.6. The third-order valence-electron chi connectivity index (χ3n) is 4.15. The molecule has 2 aromatic carbocycles. The predicted octanol–water partition coefficient (Wildman–Crippen LogP) is 4.62. The Morgan fingerprint density at radius 3 is 2.56 bits per heavy atom. The third kappa shape index (κ3) is 3.96. The van der Waals surface area contributed by atoms with Crippen LogP contribution < -0.4 is 5.32 Å². The second-order valence-corrected chi connectivity index (χ2v) is 7.04. The Hall–Kier alpha value is -3.25. The normalized spacial score (nSPS) is 10.7. The van der Waals surface area contributed by atoms with Crippen LogP contribution in [0.15, 0.2) is 72.2 Å². The number of benzene rings is 2. The average Bonchev–Trinajstić information content (AvgIpc) is 3.32. The summed E-state index contributed by atoms with van der Waals surface area (Å²) in [6, 6.07) is 19.3. The molecule has 0 fully saturated rings. The van der Waals surface area contributed by atoms with Gasteiger partial charge in [-0.05, 0) is 24.6 Å². The number of aromatic nitrogens is 3. The van der Waals surface area contributed by atoms with Crippen molar-refractivity contribution in [3.05, 3.63) is 89.1 Å². The van der Waals surface area contributed by atoms with E-state index in [2.05, 4.69) is 15.4 Å². The molecule has 0 saturated carbocycles. The van der Waals surface area contributed by atoms with E-state index in [-0.39, 0.29) is 5.91 Å². The zero-order valence-electron chi connectivity index (χ0n) is 14.8. The SMILES string of the molecule is Cc1csc(-c2ccc(C(=O)Nc3ccnn3Cc3ccccc3)cc2)n1. The Balaban J connectivity index is 1.47. The van der Waals surface area contributed by atoms with Crippen LogP contribution in [0.2, 0.25) is 0 Å². The highest BCUT2D eigenvalue weighted by molar-refractivity contribution is 7.13. The molecule has 27 heavy (non-hydrogen) atoms. The van der Waals surface area contributed by atoms with Gasteiger partial charge in [-0.1, -0.05) is 42.5 Å². The van der Waals surface area contributed by atoms with E-state index in [1.807, 2.05) is 66.9 Å². The minimum Gasteiger partial charge on any atom is -0.307 e. The molecule has 0 unspecified atom stereocenters. The third-order valence-corrected chi connectivity index (χ3v) is 5.16. The van der Waals surface area contributed by atoms with E-state index < -0.39 is 0 Å². The number of amides is 1. The van der Waals surface area contributed by atoms with E-state index >= 15 is 0 Å². The summed E-state index contributed by atoms with van der Waals surface area (Å²) in [5.74, 6) is 0.509. The molecular weight excluding hydrogens is 356 g/mol. The van der Waals surface area contributed by atoms with Crippen molar-refractivity contribution in [3.63, 3.8) is 0 Å². The molecule has 0 aliphatic heterocycles. The van der Waals surface area contributed by atoms with Gasteiger partial charge in [-0.25, -0.2) is 9.67 Å². The van der Waals surface area contributed by atoms with Gasteiger partial charge in [0.15, 0.2) is 0 Å². The molecule has 2 heterocycles. The van der Waals surface area contributed by atoms with Crippen molar-refractivity contribution in [2.45, 2.75) is 13.5 Å². The summed E-state index contributed by atoms with van der Waals surface area (Å²) in [7, 11) is 0. The topological polar surface area (TPSA) is 59.8 Å². The van der Waals surface area contributed by atoms with Crippen LogP contribution in [0.4, 0.5) is 5.82 Å². The summed E-state index contributed by atoms with van der Waals surface area (Å²) in [4.78, 5) is 17.1. The summed E-state index contributed by atoms with van der Waals surface area (Å²) in [5, 5.41) is 10.2. The van der Waals surface area contributed by atoms with Crippen LogP contribution in [0.5, 0.6) is 0 Å². The first kappa shape index (κ1) is 17.2. The van der Waals surface area contributed by atoms with Gasteiger partial charge in [-0.15, -0.1) is 11.3 Å². The fraction of sp³-hybridized carbons (Fsp3) is 0.0952. The smallest absolute Gasteiger partial charge is 0.256 e. The molecule has 1 amide bonds. The second-order valence-electron chi connectivity index (χ2n) is 6.19. The predicted molar refractivity (Wildman–Crippen MR) is 108 cm³/mol. The van der Waals surface area contributed by atoms with Crippen molar-refractivity contribution in [2.24, 2.45) is 0 Å². The van der Waals surface area contributed by atoms with E-state index in [9.17, 15) is 4.79 Å². The van der Waals surface area contributed by atoms with Crippen molar-refractivity contribution in [1.82, 2.24) is 14.8 Å². The van der Waals surface area contributed by atoms with E-state index in [1.54, 1.807) is 28.3 Å². The largest absolute Gasteiger partial charge is 0.307 e. The number of carbonyl (C=O) groups is 1. The number of aryl methyl sites for hydroxylation is 1. The van der Waals surface area contributed by atoms with E-state index in [4.69, 9.17) is 0 Å². The van der Waals surface area contributed by atoms with Gasteiger partial charge >= 0.3 is 0 Å². The summed E-state index contributed by atoms with van der Waals surface area (Å²) in [6.07, 6.45) is 1.69. The lowest BCUT2D eigenvalue weighted by Crippen LogP contribution is -2.16. The molecule has 0 saturated heterocycles. The fourth-order valence-electron chi connectivity index (χ4n) is 2.76. The molecule has 0 bridgehead atoms. The van der Waals surface area contributed by atoms with Crippen LogP contribution in [0, 0.1) is 6.92 Å². The highest BCUT2D eigenvalue weighted by atomic mass is 32.1. The summed E-state index contributed by atoms with van der Waals surface area (Å²) >= 11 is 1.60. The number of anilines is 1. The summed E-state index contributed by atoms with van der Waals surface area (Å²) in [6.45, 7) is 2.58. The second kappa shape index (κ2) is 7.55. The van der Waals surface area contributed by atoms with Crippen molar-refractivity contribution < 1.29 is 4.79 Å². The number of nitrogens with one attached hydrogen (secondary N) is 1. The minimum atomic E-state index is -0.160. The van der Waals surface area contributed by atoms with Crippen LogP contribution in [0.25, 0.3) is 10.6 Å². The lowest BCUT2D eigenvalue weighted by atomic mass is 10.1. The molecule has 0 aliphatic rings. The molecule has 1 N–H and O–H groups in total. The molecule has 134 valence electrons. The number of nitrogens with zero attached hydrogens (tertiary/aromatic N) is 3. The van der Waals surface area contributed by atoms with Crippen LogP contribution >= 0.6 is 11.3 Å². The maximum atomic E-state index is 12.6. The van der Waals surface area contributed by atoms with E-state index in [1.165, 1.54) is 0 Å². The lowest BCUT2D eigenvalue weighted by Gasteiger charge is -2.09. The Morgan fingerprint density at radius 1 is 1.07 bits per heavy atom. The zero-order chi connectivity index (χ0) is 18.6. The highest BCUT2D eigenvalue weighted by Gasteiger charge is 2.11. The van der Waals surface area contributed by atoms with Crippen LogP contribution in [-0.2, 0) is 6.54 Å². The van der Waals surface area contributed by atoms with Gasteiger partial charge in [0.05, 0.1) is 12.7 Å². The molecule has 6 heteroatoms. The van der Waals surface area contributed by atoms with Crippen molar-refractivity contribution in [1.29, 1.82) is 0 Å². The van der Waals surface area contributed by atoms with Crippen LogP contribution in [0.3, 0.4) is 0 Å². The number of thiazole rings is 1. The quantitative estimate of drug-likeness (QED) is 0.555. The number of hydrogen-bond donors (Lipinski definition) is 1. The Morgan fingerprint density at radius 2 is 1.85 bits per heavy atom. The van der Waals surface area contributed by atoms with Gasteiger partial charge < -0.3 is 5.32 Å². The number of carbonyl (C=O) groups excluding carboxylic acids is 1. The van der Waals surface area contributed by atoms with Crippen LogP contribution in [0.1, 0.15) is 21.6 Å². The van der Waals surface area contributed by atoms with Gasteiger partial charge in [-0.3, -0.25) is 4.79 Å². The fourth-order valence-corrected chi connectivity index (χ4v) is 3.56. The molecule has 0 aliphatic carbocycles. The highest BCUT2D eigenvalue weighted by Crippen LogP contribution is 2.24. The van der Waals surface area contributed by atoms with Crippen LogP contribution in [-0.4, -0.2) is 20.7 Å². The monoisotopic (exact) mass is 374 g/mol. The Bertz CT molecular complexity index is 1050. The molecule has 5 nitrogen and oxygen atoms in total. The first-order valence-corrected chi connectivity index (χ1v) is 9.47. The summed E-state index contributed by atoms with van der Waals surface area (Å²) in [5.41, 5.74) is 3.74. The van der Waals surface area contributed by atoms with Gasteiger partial charge in [0.25, 0.3) is 5.91 Å². The Kier molecular flexibility index (Phi) is 4.80. The van der Waals surface area contributed by atoms with Crippen molar-refractivity contribution in [2.75, 3.05) is 5.32 Å². The van der Waals surface area contributed by atoms with Gasteiger partial charge in [-0.2, -0.15) is 5.10 Å². The first-order valence-electron chi connectivity index (χ1n) is 8.59. The molecule has 4 rings (SSSR count). The molecule has 0 radical (unpaired) electrons. The van der Waals surface area contributed by atoms with E-state index in [0.29, 0.717) is 17.9 Å². The van der Waals surface area contributed by atoms with Gasteiger partial charge in [0.2, 0.25) is 0 Å². The van der Waals surface area contributed by atoms with Gasteiger partial charge in [0.1, 0.15) is 10.8 Å². The molecular formula is C21H18N4OS. The minimum absolute atomic E-state index is 0.160. The molecule has 0 atom stereocenters. The van der Waals surface area contributed by atoms with Crippen molar-refractivity contribution >= 4 is 23.1 Å². The molecule has 4 aromatic rings. The molecule has 2 aromatic heterocycles. The zero-order valence-corrected chi connectivity index (χ0v) is 15.6. The summed E-state index contributed by atoms with van der Waals surface area (Å²) < 4.78 is 1.78. The van der Waals surface area contributed by atoms with Gasteiger partial charge in [0, 0.05) is 28.3 Å². The maximum Gasteiger partial charge on any atom is 0.256 e. The van der Waals surface area contributed by atoms with Crippen molar-refractivity contribution in [3.8, 4) is 10.6 Å².